The molecule has 0 aromatic heterocycles. The molecule has 98 valence electrons. The lowest BCUT2D eigenvalue weighted by Gasteiger charge is -2.21. The molecule has 0 aromatic rings. The van der Waals surface area contributed by atoms with E-state index in [2.05, 4.69) is 18.7 Å². The largest absolute Gasteiger partial charge is 0.303 e. The molecular weight excluding hydrogens is 226 g/mol. The molecule has 5 heteroatoms. The molecule has 0 unspecified atom stereocenters. The average Bonchev–Trinajstić information content (AvgIpc) is 2.19. The van der Waals surface area contributed by atoms with E-state index in [1.807, 2.05) is 0 Å². The molecule has 4 nitrogen and oxygen atoms in total. The first kappa shape index (κ1) is 15.9. The second-order valence-electron chi connectivity index (χ2n) is 4.19. The van der Waals surface area contributed by atoms with Gasteiger partial charge >= 0.3 is 0 Å². The van der Waals surface area contributed by atoms with Gasteiger partial charge in [-0.15, -0.1) is 0 Å². The molecule has 1 N–H and O–H groups in total. The van der Waals surface area contributed by atoms with Crippen LogP contribution in [0.15, 0.2) is 0 Å². The van der Waals surface area contributed by atoms with Crippen LogP contribution in [0.25, 0.3) is 0 Å². The predicted molar refractivity (Wildman–Crippen MR) is 67.3 cm³/mol. The molecule has 0 aliphatic rings. The van der Waals surface area contributed by atoms with Crippen LogP contribution in [-0.2, 0) is 10.1 Å². The summed E-state index contributed by atoms with van der Waals surface area (Å²) in [5.74, 6) is -0.123. The minimum absolute atomic E-state index is 0.123. The van der Waals surface area contributed by atoms with Crippen LogP contribution in [0, 0.1) is 0 Å². The van der Waals surface area contributed by atoms with Gasteiger partial charge < -0.3 is 4.90 Å². The van der Waals surface area contributed by atoms with Gasteiger partial charge in [-0.3, -0.25) is 4.55 Å². The average molecular weight is 251 g/mol. The van der Waals surface area contributed by atoms with E-state index in [-0.39, 0.29) is 5.75 Å². The zero-order chi connectivity index (χ0) is 12.4. The molecule has 0 atom stereocenters. The van der Waals surface area contributed by atoms with Gasteiger partial charge in [-0.25, -0.2) is 0 Å². The first-order valence-electron chi connectivity index (χ1n) is 6.17. The number of rotatable bonds is 10. The van der Waals surface area contributed by atoms with Gasteiger partial charge in [0.15, 0.2) is 0 Å². The molecule has 0 aliphatic heterocycles. The van der Waals surface area contributed by atoms with Crippen LogP contribution in [0.5, 0.6) is 0 Å². The summed E-state index contributed by atoms with van der Waals surface area (Å²) in [6.45, 7) is 7.12. The van der Waals surface area contributed by atoms with Crippen molar-refractivity contribution in [3.8, 4) is 0 Å². The number of hydrogen-bond acceptors (Lipinski definition) is 3. The summed E-state index contributed by atoms with van der Waals surface area (Å²) in [6, 6.07) is 0. The van der Waals surface area contributed by atoms with Gasteiger partial charge in [0, 0.05) is 0 Å². The molecule has 0 heterocycles. The van der Waals surface area contributed by atoms with E-state index >= 15 is 0 Å². The van der Waals surface area contributed by atoms with Crippen molar-refractivity contribution in [2.24, 2.45) is 0 Å². The maximum absolute atomic E-state index is 10.6. The van der Waals surface area contributed by atoms with Gasteiger partial charge in [0.2, 0.25) is 0 Å². The first-order valence-corrected chi connectivity index (χ1v) is 7.78. The van der Waals surface area contributed by atoms with Gasteiger partial charge in [0.25, 0.3) is 10.1 Å². The van der Waals surface area contributed by atoms with Crippen molar-refractivity contribution in [1.82, 2.24) is 4.90 Å². The van der Waals surface area contributed by atoms with Crippen molar-refractivity contribution < 1.29 is 13.0 Å². The topological polar surface area (TPSA) is 57.6 Å². The molecule has 0 amide bonds. The van der Waals surface area contributed by atoms with E-state index in [9.17, 15) is 8.42 Å². The molecule has 0 saturated heterocycles. The monoisotopic (exact) mass is 251 g/mol. The highest BCUT2D eigenvalue weighted by Crippen LogP contribution is 2.01. The summed E-state index contributed by atoms with van der Waals surface area (Å²) in [7, 11) is -3.79. The number of unbranched alkanes of at least 4 members (excludes halogenated alkanes) is 2. The lowest BCUT2D eigenvalue weighted by atomic mass is 10.2. The molecule has 0 fully saturated rings. The van der Waals surface area contributed by atoms with Crippen molar-refractivity contribution in [1.29, 1.82) is 0 Å². The van der Waals surface area contributed by atoms with Crippen LogP contribution >= 0.6 is 0 Å². The smallest absolute Gasteiger partial charge is 0.264 e. The molecule has 0 rings (SSSR count). The van der Waals surface area contributed by atoms with E-state index in [1.54, 1.807) is 0 Å². The molecule has 16 heavy (non-hydrogen) atoms. The van der Waals surface area contributed by atoms with Gasteiger partial charge in [-0.2, -0.15) is 8.42 Å². The quantitative estimate of drug-likeness (QED) is 0.605. The second-order valence-corrected chi connectivity index (χ2v) is 5.76. The van der Waals surface area contributed by atoms with E-state index in [4.69, 9.17) is 4.55 Å². The third-order valence-corrected chi connectivity index (χ3v) is 3.34. The summed E-state index contributed by atoms with van der Waals surface area (Å²) in [5.41, 5.74) is 0. The van der Waals surface area contributed by atoms with Crippen LogP contribution < -0.4 is 0 Å². The zero-order valence-electron chi connectivity index (χ0n) is 10.5. The summed E-state index contributed by atoms with van der Waals surface area (Å²) < 4.78 is 29.8. The van der Waals surface area contributed by atoms with Gasteiger partial charge in [-0.05, 0) is 38.9 Å². The Bertz CT molecular complexity index is 244. The second kappa shape index (κ2) is 8.96. The standard InChI is InChI=1S/C11H25NO3S/c1-3-5-8-12(9-6-4-2)10-7-11-16(13,14)15/h3-11H2,1-2H3,(H,13,14,15). The SMILES string of the molecule is CCCCN(CCCC)CCCS(=O)(=O)O. The highest BCUT2D eigenvalue weighted by Gasteiger charge is 2.07. The Morgan fingerprint density at radius 2 is 1.38 bits per heavy atom. The summed E-state index contributed by atoms with van der Waals surface area (Å²) in [5, 5.41) is 0. The Morgan fingerprint density at radius 3 is 1.75 bits per heavy atom. The van der Waals surface area contributed by atoms with Crippen LogP contribution in [-0.4, -0.2) is 43.3 Å². The Hall–Kier alpha value is -0.130. The maximum Gasteiger partial charge on any atom is 0.264 e. The molecule has 0 aromatic carbocycles. The van der Waals surface area contributed by atoms with Crippen molar-refractivity contribution in [3.63, 3.8) is 0 Å². The summed E-state index contributed by atoms with van der Waals surface area (Å²) in [6.07, 6.45) is 5.12. The minimum Gasteiger partial charge on any atom is -0.303 e. The third-order valence-electron chi connectivity index (χ3n) is 2.53. The Morgan fingerprint density at radius 1 is 0.938 bits per heavy atom. The highest BCUT2D eigenvalue weighted by atomic mass is 32.2. The van der Waals surface area contributed by atoms with Gasteiger partial charge in [0.1, 0.15) is 0 Å². The fourth-order valence-corrected chi connectivity index (χ4v) is 2.06. The van der Waals surface area contributed by atoms with Crippen LogP contribution in [0.3, 0.4) is 0 Å². The lowest BCUT2D eigenvalue weighted by molar-refractivity contribution is 0.265. The highest BCUT2D eigenvalue weighted by molar-refractivity contribution is 7.85. The third kappa shape index (κ3) is 10.4. The molecule has 0 spiro atoms. The summed E-state index contributed by atoms with van der Waals surface area (Å²) >= 11 is 0. The molecule has 0 aliphatic carbocycles. The molecule has 0 bridgehead atoms. The first-order chi connectivity index (χ1) is 7.49. The number of nitrogens with zero attached hydrogens (tertiary/aromatic N) is 1. The molecule has 0 radical (unpaired) electrons. The van der Waals surface area contributed by atoms with Crippen LogP contribution in [0.4, 0.5) is 0 Å². The maximum atomic E-state index is 10.6. The fraction of sp³-hybridized carbons (Fsp3) is 1.00. The van der Waals surface area contributed by atoms with E-state index in [1.165, 1.54) is 0 Å². The normalized spacial score (nSPS) is 12.2. The minimum atomic E-state index is -3.79. The van der Waals surface area contributed by atoms with Crippen molar-refractivity contribution in [2.75, 3.05) is 25.4 Å². The van der Waals surface area contributed by atoms with Crippen molar-refractivity contribution in [2.45, 2.75) is 46.0 Å². The Kier molecular flexibility index (Phi) is 8.89. The Labute approximate surface area is 99.8 Å². The molecule has 0 saturated carbocycles. The molecular formula is C11H25NO3S. The van der Waals surface area contributed by atoms with E-state index < -0.39 is 10.1 Å². The Balaban J connectivity index is 3.81. The predicted octanol–water partition coefficient (Wildman–Crippen LogP) is 2.17. The van der Waals surface area contributed by atoms with E-state index in [0.717, 1.165) is 45.3 Å². The number of hydrogen-bond donors (Lipinski definition) is 1. The zero-order valence-corrected chi connectivity index (χ0v) is 11.3. The van der Waals surface area contributed by atoms with Crippen molar-refractivity contribution >= 4 is 10.1 Å². The fourth-order valence-electron chi connectivity index (χ4n) is 1.57. The van der Waals surface area contributed by atoms with Crippen LogP contribution in [0.1, 0.15) is 46.0 Å². The van der Waals surface area contributed by atoms with Gasteiger partial charge in [-0.1, -0.05) is 26.7 Å². The van der Waals surface area contributed by atoms with E-state index in [0.29, 0.717) is 6.42 Å². The van der Waals surface area contributed by atoms with Crippen molar-refractivity contribution in [3.05, 3.63) is 0 Å². The van der Waals surface area contributed by atoms with Crippen LogP contribution in [0.2, 0.25) is 0 Å². The summed E-state index contributed by atoms with van der Waals surface area (Å²) in [4.78, 5) is 2.29. The lowest BCUT2D eigenvalue weighted by Crippen LogP contribution is -2.28. The van der Waals surface area contributed by atoms with Gasteiger partial charge in [0.05, 0.1) is 5.75 Å².